The molecule has 0 radical (unpaired) electrons. The fraction of sp³-hybridized carbons (Fsp3) is 0.778. The van der Waals surface area contributed by atoms with Gasteiger partial charge in [0.05, 0.1) is 6.10 Å². The lowest BCUT2D eigenvalue weighted by atomic mass is 10.1. The van der Waals surface area contributed by atoms with E-state index in [0.29, 0.717) is 5.92 Å². The van der Waals surface area contributed by atoms with Crippen LogP contribution in [0, 0.1) is 5.92 Å². The van der Waals surface area contributed by atoms with Crippen molar-refractivity contribution < 1.29 is 5.11 Å². The van der Waals surface area contributed by atoms with Crippen LogP contribution in [0.1, 0.15) is 32.6 Å². The normalized spacial score (nSPS) is 21.8. The second-order valence-electron chi connectivity index (χ2n) is 3.05. The second-order valence-corrected chi connectivity index (χ2v) is 3.05. The van der Waals surface area contributed by atoms with E-state index in [9.17, 15) is 5.11 Å². The highest BCUT2D eigenvalue weighted by Crippen LogP contribution is 2.34. The number of rotatable bonds is 4. The Balaban J connectivity index is 2.00. The third kappa shape index (κ3) is 2.53. The molecule has 1 saturated carbocycles. The van der Waals surface area contributed by atoms with Gasteiger partial charge in [0.25, 0.3) is 0 Å². The van der Waals surface area contributed by atoms with E-state index in [4.69, 9.17) is 0 Å². The maximum atomic E-state index is 9.38. The van der Waals surface area contributed by atoms with Crippen LogP contribution in [0.5, 0.6) is 0 Å². The van der Waals surface area contributed by atoms with Crippen molar-refractivity contribution in [3.63, 3.8) is 0 Å². The van der Waals surface area contributed by atoms with E-state index in [1.807, 2.05) is 13.0 Å². The monoisotopic (exact) mass is 140 g/mol. The molecular weight excluding hydrogens is 124 g/mol. The lowest BCUT2D eigenvalue weighted by Crippen LogP contribution is -2.07. The Bertz CT molecular complexity index is 114. The highest BCUT2D eigenvalue weighted by molar-refractivity contribution is 4.84. The molecule has 1 rings (SSSR count). The Morgan fingerprint density at radius 1 is 1.60 bits per heavy atom. The van der Waals surface area contributed by atoms with E-state index in [1.54, 1.807) is 0 Å². The van der Waals surface area contributed by atoms with Gasteiger partial charge in [-0.1, -0.05) is 12.2 Å². The molecule has 0 aromatic carbocycles. The molecule has 0 aromatic rings. The molecule has 1 nitrogen and oxygen atoms in total. The minimum atomic E-state index is -0.0174. The van der Waals surface area contributed by atoms with Crippen LogP contribution in [0.4, 0.5) is 0 Å². The van der Waals surface area contributed by atoms with Gasteiger partial charge in [-0.25, -0.2) is 0 Å². The predicted octanol–water partition coefficient (Wildman–Crippen LogP) is 2.11. The number of hydrogen-bond acceptors (Lipinski definition) is 1. The van der Waals surface area contributed by atoms with Gasteiger partial charge in [0, 0.05) is 0 Å². The summed E-state index contributed by atoms with van der Waals surface area (Å²) in [6.07, 6.45) is 8.62. The zero-order chi connectivity index (χ0) is 7.40. The average Bonchev–Trinajstić information content (AvgIpc) is 2.69. The largest absolute Gasteiger partial charge is 0.393 e. The third-order valence-electron chi connectivity index (χ3n) is 2.03. The van der Waals surface area contributed by atoms with E-state index in [-0.39, 0.29) is 6.10 Å². The molecule has 58 valence electrons. The van der Waals surface area contributed by atoms with Crippen molar-refractivity contribution in [1.82, 2.24) is 0 Å². The molecule has 0 heterocycles. The molecule has 10 heavy (non-hydrogen) atoms. The van der Waals surface area contributed by atoms with Gasteiger partial charge >= 0.3 is 0 Å². The van der Waals surface area contributed by atoms with Crippen LogP contribution in [0.3, 0.4) is 0 Å². The maximum absolute atomic E-state index is 9.38. The quantitative estimate of drug-likeness (QED) is 0.593. The highest BCUT2D eigenvalue weighted by Gasteiger charge is 2.28. The molecule has 0 spiro atoms. The number of aliphatic hydroxyl groups excluding tert-OH is 1. The van der Waals surface area contributed by atoms with Crippen molar-refractivity contribution in [1.29, 1.82) is 0 Å². The van der Waals surface area contributed by atoms with Gasteiger partial charge in [0.2, 0.25) is 0 Å². The molecule has 0 aromatic heterocycles. The first kappa shape index (κ1) is 7.80. The molecule has 0 aliphatic heterocycles. The maximum Gasteiger partial charge on any atom is 0.0571 e. The van der Waals surface area contributed by atoms with Crippen LogP contribution in [-0.4, -0.2) is 11.2 Å². The first-order valence-corrected chi connectivity index (χ1v) is 4.14. The Hall–Kier alpha value is -0.300. The lowest BCUT2D eigenvalue weighted by molar-refractivity contribution is 0.142. The van der Waals surface area contributed by atoms with E-state index in [1.165, 1.54) is 12.8 Å². The fourth-order valence-corrected chi connectivity index (χ4v) is 1.15. The molecule has 1 aliphatic rings. The van der Waals surface area contributed by atoms with Crippen LogP contribution in [0.15, 0.2) is 12.2 Å². The molecule has 1 fully saturated rings. The Labute approximate surface area is 62.8 Å². The van der Waals surface area contributed by atoms with Crippen LogP contribution in [0.25, 0.3) is 0 Å². The predicted molar refractivity (Wildman–Crippen MR) is 42.8 cm³/mol. The zero-order valence-electron chi connectivity index (χ0n) is 6.59. The molecule has 1 aliphatic carbocycles. The average molecular weight is 140 g/mol. The smallest absolute Gasteiger partial charge is 0.0571 e. The van der Waals surface area contributed by atoms with Crippen molar-refractivity contribution in [2.24, 2.45) is 5.92 Å². The van der Waals surface area contributed by atoms with Crippen molar-refractivity contribution in [2.45, 2.75) is 38.7 Å². The van der Waals surface area contributed by atoms with Crippen molar-refractivity contribution in [3.8, 4) is 0 Å². The summed E-state index contributed by atoms with van der Waals surface area (Å²) < 4.78 is 0. The van der Waals surface area contributed by atoms with Crippen LogP contribution >= 0.6 is 0 Å². The van der Waals surface area contributed by atoms with Gasteiger partial charge < -0.3 is 5.11 Å². The minimum Gasteiger partial charge on any atom is -0.393 e. The Kier molecular flexibility index (Phi) is 2.94. The summed E-state index contributed by atoms with van der Waals surface area (Å²) in [4.78, 5) is 0. The molecule has 0 saturated heterocycles. The summed E-state index contributed by atoms with van der Waals surface area (Å²) in [5.41, 5.74) is 0. The second kappa shape index (κ2) is 3.77. The van der Waals surface area contributed by atoms with Gasteiger partial charge in [-0.3, -0.25) is 0 Å². The molecular formula is C9H16O. The van der Waals surface area contributed by atoms with E-state index < -0.39 is 0 Å². The molecule has 1 atom stereocenters. The molecule has 1 N–H and O–H groups in total. The molecule has 1 heteroatoms. The summed E-state index contributed by atoms with van der Waals surface area (Å²) in [7, 11) is 0. The van der Waals surface area contributed by atoms with E-state index >= 15 is 0 Å². The zero-order valence-corrected chi connectivity index (χ0v) is 6.59. The standard InChI is InChI=1S/C9H16O/c1-2-3-4-5-9(10)8-6-7-8/h2-3,8-10H,4-7H2,1H3. The molecule has 1 unspecified atom stereocenters. The lowest BCUT2D eigenvalue weighted by Gasteiger charge is -2.05. The molecule has 0 amide bonds. The number of aliphatic hydroxyl groups is 1. The van der Waals surface area contributed by atoms with E-state index in [0.717, 1.165) is 12.8 Å². The summed E-state index contributed by atoms with van der Waals surface area (Å²) >= 11 is 0. The SMILES string of the molecule is CC=CCCC(O)C1CC1. The van der Waals surface area contributed by atoms with Gasteiger partial charge in [-0.2, -0.15) is 0 Å². The minimum absolute atomic E-state index is 0.0174. The Morgan fingerprint density at radius 2 is 2.30 bits per heavy atom. The first-order chi connectivity index (χ1) is 4.84. The summed E-state index contributed by atoms with van der Waals surface area (Å²) in [6, 6.07) is 0. The van der Waals surface area contributed by atoms with Crippen molar-refractivity contribution >= 4 is 0 Å². The van der Waals surface area contributed by atoms with Crippen molar-refractivity contribution in [2.75, 3.05) is 0 Å². The number of allylic oxidation sites excluding steroid dienone is 2. The third-order valence-corrected chi connectivity index (χ3v) is 2.03. The van der Waals surface area contributed by atoms with Gasteiger partial charge in [-0.05, 0) is 38.5 Å². The fourth-order valence-electron chi connectivity index (χ4n) is 1.15. The topological polar surface area (TPSA) is 20.2 Å². The summed E-state index contributed by atoms with van der Waals surface area (Å²) in [6.45, 7) is 2.02. The van der Waals surface area contributed by atoms with Gasteiger partial charge in [-0.15, -0.1) is 0 Å². The van der Waals surface area contributed by atoms with Gasteiger partial charge in [0.15, 0.2) is 0 Å². The number of hydrogen-bond donors (Lipinski definition) is 1. The van der Waals surface area contributed by atoms with Crippen molar-refractivity contribution in [3.05, 3.63) is 12.2 Å². The van der Waals surface area contributed by atoms with Crippen LogP contribution < -0.4 is 0 Å². The van der Waals surface area contributed by atoms with Crippen LogP contribution in [-0.2, 0) is 0 Å². The highest BCUT2D eigenvalue weighted by atomic mass is 16.3. The first-order valence-electron chi connectivity index (χ1n) is 4.14. The summed E-state index contributed by atoms with van der Waals surface area (Å²) in [5, 5.41) is 9.38. The van der Waals surface area contributed by atoms with Crippen LogP contribution in [0.2, 0.25) is 0 Å². The van der Waals surface area contributed by atoms with E-state index in [2.05, 4.69) is 6.08 Å². The van der Waals surface area contributed by atoms with Gasteiger partial charge in [0.1, 0.15) is 0 Å². The summed E-state index contributed by atoms with van der Waals surface area (Å²) in [5.74, 6) is 0.644. The molecule has 0 bridgehead atoms. The Morgan fingerprint density at radius 3 is 2.80 bits per heavy atom.